The van der Waals surface area contributed by atoms with Gasteiger partial charge in [0.05, 0.1) is 0 Å². The van der Waals surface area contributed by atoms with Gasteiger partial charge in [-0.2, -0.15) is 0 Å². The average molecular weight is 216 g/mol. The first-order valence-electron chi connectivity index (χ1n) is 3.27. The molecule has 1 aromatic rings. The summed E-state index contributed by atoms with van der Waals surface area (Å²) in [5.74, 6) is 0. The van der Waals surface area contributed by atoms with Crippen LogP contribution in [0.15, 0.2) is 28.7 Å². The molecule has 0 amide bonds. The SMILES string of the molecule is CC(N)(O)c1ccc(Br)cc1. The molecule has 0 aliphatic rings. The summed E-state index contributed by atoms with van der Waals surface area (Å²) in [7, 11) is 0. The van der Waals surface area contributed by atoms with E-state index in [0.29, 0.717) is 5.56 Å². The zero-order valence-corrected chi connectivity index (χ0v) is 7.80. The van der Waals surface area contributed by atoms with Gasteiger partial charge in [0.1, 0.15) is 5.72 Å². The van der Waals surface area contributed by atoms with Crippen molar-refractivity contribution in [2.45, 2.75) is 12.6 Å². The van der Waals surface area contributed by atoms with E-state index in [9.17, 15) is 5.11 Å². The third kappa shape index (κ3) is 2.29. The van der Waals surface area contributed by atoms with Gasteiger partial charge in [-0.3, -0.25) is 0 Å². The Morgan fingerprint density at radius 1 is 1.36 bits per heavy atom. The Bertz CT molecular complexity index is 237. The van der Waals surface area contributed by atoms with Crippen LogP contribution in [-0.4, -0.2) is 5.11 Å². The van der Waals surface area contributed by atoms with E-state index in [4.69, 9.17) is 5.73 Å². The normalized spacial score (nSPS) is 16.0. The fourth-order valence-electron chi connectivity index (χ4n) is 0.787. The molecule has 0 spiro atoms. The van der Waals surface area contributed by atoms with Crippen LogP contribution in [0.5, 0.6) is 0 Å². The van der Waals surface area contributed by atoms with Gasteiger partial charge >= 0.3 is 0 Å². The predicted molar refractivity (Wildman–Crippen MR) is 47.9 cm³/mol. The fraction of sp³-hybridized carbons (Fsp3) is 0.250. The van der Waals surface area contributed by atoms with Gasteiger partial charge in [-0.1, -0.05) is 28.1 Å². The van der Waals surface area contributed by atoms with Crippen LogP contribution in [0.3, 0.4) is 0 Å². The van der Waals surface area contributed by atoms with Crippen molar-refractivity contribution in [3.05, 3.63) is 34.3 Å². The van der Waals surface area contributed by atoms with Crippen molar-refractivity contribution in [1.82, 2.24) is 0 Å². The molecule has 0 aliphatic carbocycles. The van der Waals surface area contributed by atoms with Gasteiger partial charge in [0.25, 0.3) is 0 Å². The molecule has 0 radical (unpaired) electrons. The minimum atomic E-state index is -1.24. The first-order valence-corrected chi connectivity index (χ1v) is 4.07. The maximum Gasteiger partial charge on any atom is 0.136 e. The van der Waals surface area contributed by atoms with Crippen molar-refractivity contribution in [2.24, 2.45) is 5.73 Å². The van der Waals surface area contributed by atoms with Gasteiger partial charge in [0, 0.05) is 4.47 Å². The van der Waals surface area contributed by atoms with Gasteiger partial charge in [0.2, 0.25) is 0 Å². The fourth-order valence-corrected chi connectivity index (χ4v) is 1.05. The van der Waals surface area contributed by atoms with Gasteiger partial charge in [-0.15, -0.1) is 0 Å². The Labute approximate surface area is 74.2 Å². The second kappa shape index (κ2) is 2.93. The highest BCUT2D eigenvalue weighted by atomic mass is 79.9. The van der Waals surface area contributed by atoms with Crippen molar-refractivity contribution in [3.8, 4) is 0 Å². The van der Waals surface area contributed by atoms with Crippen molar-refractivity contribution in [2.75, 3.05) is 0 Å². The van der Waals surface area contributed by atoms with E-state index >= 15 is 0 Å². The molecule has 0 aliphatic heterocycles. The van der Waals surface area contributed by atoms with Crippen LogP contribution in [0.4, 0.5) is 0 Å². The second-order valence-electron chi connectivity index (χ2n) is 2.65. The molecule has 0 saturated carbocycles. The molecule has 1 aromatic carbocycles. The maximum atomic E-state index is 9.34. The minimum absolute atomic E-state index is 0.709. The van der Waals surface area contributed by atoms with Crippen molar-refractivity contribution in [3.63, 3.8) is 0 Å². The lowest BCUT2D eigenvalue weighted by molar-refractivity contribution is 0.0647. The number of halogens is 1. The lowest BCUT2D eigenvalue weighted by atomic mass is 10.1. The van der Waals surface area contributed by atoms with E-state index in [-0.39, 0.29) is 0 Å². The molecule has 3 N–H and O–H groups in total. The monoisotopic (exact) mass is 215 g/mol. The van der Waals surface area contributed by atoms with Gasteiger partial charge in [-0.05, 0) is 24.6 Å². The Kier molecular flexibility index (Phi) is 2.32. The van der Waals surface area contributed by atoms with Crippen molar-refractivity contribution >= 4 is 15.9 Å². The third-order valence-electron chi connectivity index (χ3n) is 1.43. The van der Waals surface area contributed by atoms with Gasteiger partial charge in [-0.25, -0.2) is 0 Å². The Morgan fingerprint density at radius 3 is 2.18 bits per heavy atom. The van der Waals surface area contributed by atoms with Crippen LogP contribution in [0.1, 0.15) is 12.5 Å². The van der Waals surface area contributed by atoms with Gasteiger partial charge < -0.3 is 10.8 Å². The van der Waals surface area contributed by atoms with Crippen LogP contribution in [0, 0.1) is 0 Å². The third-order valence-corrected chi connectivity index (χ3v) is 1.96. The minimum Gasteiger partial charge on any atom is -0.372 e. The highest BCUT2D eigenvalue weighted by Crippen LogP contribution is 2.17. The van der Waals surface area contributed by atoms with E-state index in [0.717, 1.165) is 4.47 Å². The summed E-state index contributed by atoms with van der Waals surface area (Å²) in [5, 5.41) is 9.34. The molecule has 2 nitrogen and oxygen atoms in total. The first-order chi connectivity index (χ1) is 5.00. The average Bonchev–Trinajstić information content (AvgIpc) is 1.86. The predicted octanol–water partition coefficient (Wildman–Crippen LogP) is 1.57. The summed E-state index contributed by atoms with van der Waals surface area (Å²) in [5.41, 5.74) is 4.92. The summed E-state index contributed by atoms with van der Waals surface area (Å²) in [6.45, 7) is 1.55. The summed E-state index contributed by atoms with van der Waals surface area (Å²) in [4.78, 5) is 0. The summed E-state index contributed by atoms with van der Waals surface area (Å²) >= 11 is 3.29. The Morgan fingerprint density at radius 2 is 1.82 bits per heavy atom. The number of nitrogens with two attached hydrogens (primary N) is 1. The van der Waals surface area contributed by atoms with Crippen molar-refractivity contribution in [1.29, 1.82) is 0 Å². The largest absolute Gasteiger partial charge is 0.372 e. The maximum absolute atomic E-state index is 9.34. The van der Waals surface area contributed by atoms with Gasteiger partial charge in [0.15, 0.2) is 0 Å². The molecule has 3 heteroatoms. The van der Waals surface area contributed by atoms with E-state index in [1.54, 1.807) is 19.1 Å². The molecule has 0 fully saturated rings. The topological polar surface area (TPSA) is 46.2 Å². The van der Waals surface area contributed by atoms with Crippen LogP contribution in [0.25, 0.3) is 0 Å². The Balaban J connectivity index is 2.99. The standard InChI is InChI=1S/C8H10BrNO/c1-8(10,11)6-2-4-7(9)5-3-6/h2-5,11H,10H2,1H3. The molecule has 0 bridgehead atoms. The van der Waals surface area contributed by atoms with Crippen LogP contribution in [-0.2, 0) is 5.72 Å². The molecular formula is C8H10BrNO. The molecule has 1 unspecified atom stereocenters. The number of rotatable bonds is 1. The second-order valence-corrected chi connectivity index (χ2v) is 3.57. The summed E-state index contributed by atoms with van der Waals surface area (Å²) in [6.07, 6.45) is 0. The summed E-state index contributed by atoms with van der Waals surface area (Å²) < 4.78 is 0.977. The van der Waals surface area contributed by atoms with E-state index < -0.39 is 5.72 Å². The molecule has 1 atom stereocenters. The highest BCUT2D eigenvalue weighted by Gasteiger charge is 2.15. The number of hydrogen-bond donors (Lipinski definition) is 2. The molecule has 11 heavy (non-hydrogen) atoms. The van der Waals surface area contributed by atoms with E-state index in [1.807, 2.05) is 12.1 Å². The number of aliphatic hydroxyl groups is 1. The van der Waals surface area contributed by atoms with Crippen LogP contribution < -0.4 is 5.73 Å². The van der Waals surface area contributed by atoms with Crippen LogP contribution >= 0.6 is 15.9 Å². The molecule has 0 aromatic heterocycles. The summed E-state index contributed by atoms with van der Waals surface area (Å²) in [6, 6.07) is 7.25. The number of hydrogen-bond acceptors (Lipinski definition) is 2. The first kappa shape index (κ1) is 8.71. The lowest BCUT2D eigenvalue weighted by Gasteiger charge is -2.17. The zero-order valence-electron chi connectivity index (χ0n) is 6.21. The van der Waals surface area contributed by atoms with Crippen LogP contribution in [0.2, 0.25) is 0 Å². The molecule has 0 heterocycles. The molecule has 60 valence electrons. The molecule has 1 rings (SSSR count). The van der Waals surface area contributed by atoms with E-state index in [2.05, 4.69) is 15.9 Å². The molecule has 0 saturated heterocycles. The quantitative estimate of drug-likeness (QED) is 0.700. The van der Waals surface area contributed by atoms with Crippen molar-refractivity contribution < 1.29 is 5.11 Å². The molecular weight excluding hydrogens is 206 g/mol. The number of benzene rings is 1. The lowest BCUT2D eigenvalue weighted by Crippen LogP contribution is -2.31. The zero-order chi connectivity index (χ0) is 8.48. The smallest absolute Gasteiger partial charge is 0.136 e. The van der Waals surface area contributed by atoms with E-state index in [1.165, 1.54) is 0 Å². The Hall–Kier alpha value is -0.380. The highest BCUT2D eigenvalue weighted by molar-refractivity contribution is 9.10.